The van der Waals surface area contributed by atoms with Crippen molar-refractivity contribution in [3.05, 3.63) is 34.9 Å². The lowest BCUT2D eigenvalue weighted by Crippen LogP contribution is -2.37. The molecule has 0 heterocycles. The van der Waals surface area contributed by atoms with Crippen LogP contribution in [0.3, 0.4) is 0 Å². The van der Waals surface area contributed by atoms with Crippen LogP contribution in [0.15, 0.2) is 18.2 Å². The molecular weight excluding hydrogens is 254 g/mol. The highest BCUT2D eigenvalue weighted by atomic mass is 16.2. The third kappa shape index (κ3) is 4.75. The summed E-state index contributed by atoms with van der Waals surface area (Å²) in [6, 6.07) is 5.40. The van der Waals surface area contributed by atoms with E-state index in [4.69, 9.17) is 5.73 Å². The quantitative estimate of drug-likeness (QED) is 0.684. The molecule has 20 heavy (non-hydrogen) atoms. The molecule has 0 spiro atoms. The van der Waals surface area contributed by atoms with Crippen LogP contribution >= 0.6 is 0 Å². The molecule has 1 rings (SSSR count). The molecule has 0 unspecified atom stereocenters. The Morgan fingerprint density at radius 2 is 2.05 bits per heavy atom. The van der Waals surface area contributed by atoms with E-state index in [2.05, 4.69) is 22.5 Å². The summed E-state index contributed by atoms with van der Waals surface area (Å²) in [6.45, 7) is 4.42. The number of likely N-dealkylation sites (N-methyl/N-ethyl adjacent to an activating group) is 1. The number of aryl methyl sites for hydroxylation is 1. The lowest BCUT2D eigenvalue weighted by Gasteiger charge is -2.08. The fourth-order valence-corrected chi connectivity index (χ4v) is 1.62. The van der Waals surface area contributed by atoms with Gasteiger partial charge in [0.05, 0.1) is 18.7 Å². The smallest absolute Gasteiger partial charge is 0.252 e. The summed E-state index contributed by atoms with van der Waals surface area (Å²) >= 11 is 0. The first-order valence-electron chi connectivity index (χ1n) is 6.43. The SMILES string of the molecule is CCNC(=O)CNC(=O)c1cc(C)ccc1C#CCN. The van der Waals surface area contributed by atoms with Crippen molar-refractivity contribution in [1.82, 2.24) is 10.6 Å². The van der Waals surface area contributed by atoms with Crippen molar-refractivity contribution in [3.8, 4) is 11.8 Å². The molecule has 0 aliphatic rings. The summed E-state index contributed by atoms with van der Waals surface area (Å²) in [5, 5.41) is 5.19. The van der Waals surface area contributed by atoms with Crippen LogP contribution in [0.2, 0.25) is 0 Å². The van der Waals surface area contributed by atoms with Gasteiger partial charge in [-0.25, -0.2) is 0 Å². The van der Waals surface area contributed by atoms with E-state index < -0.39 is 0 Å². The van der Waals surface area contributed by atoms with Gasteiger partial charge in [0.2, 0.25) is 5.91 Å². The van der Waals surface area contributed by atoms with E-state index in [-0.39, 0.29) is 24.9 Å². The molecule has 1 aromatic rings. The van der Waals surface area contributed by atoms with Crippen molar-refractivity contribution in [2.24, 2.45) is 5.73 Å². The maximum Gasteiger partial charge on any atom is 0.252 e. The van der Waals surface area contributed by atoms with E-state index in [1.165, 1.54) is 0 Å². The Labute approximate surface area is 118 Å². The lowest BCUT2D eigenvalue weighted by molar-refractivity contribution is -0.120. The minimum Gasteiger partial charge on any atom is -0.355 e. The van der Waals surface area contributed by atoms with Gasteiger partial charge in [0.25, 0.3) is 5.91 Å². The fraction of sp³-hybridized carbons (Fsp3) is 0.333. The second kappa shape index (κ2) is 7.97. The first kappa shape index (κ1) is 15.7. The maximum absolute atomic E-state index is 12.1. The van der Waals surface area contributed by atoms with E-state index >= 15 is 0 Å². The van der Waals surface area contributed by atoms with Crippen molar-refractivity contribution < 1.29 is 9.59 Å². The van der Waals surface area contributed by atoms with Gasteiger partial charge in [-0.2, -0.15) is 0 Å². The zero-order valence-electron chi connectivity index (χ0n) is 11.7. The van der Waals surface area contributed by atoms with Crippen LogP contribution < -0.4 is 16.4 Å². The molecule has 4 N–H and O–H groups in total. The molecule has 0 fully saturated rings. The van der Waals surface area contributed by atoms with Crippen molar-refractivity contribution in [1.29, 1.82) is 0 Å². The molecule has 0 saturated heterocycles. The molecule has 0 aromatic heterocycles. The monoisotopic (exact) mass is 273 g/mol. The third-order valence-corrected chi connectivity index (χ3v) is 2.53. The number of nitrogens with one attached hydrogen (secondary N) is 2. The van der Waals surface area contributed by atoms with Crippen molar-refractivity contribution in [2.45, 2.75) is 13.8 Å². The van der Waals surface area contributed by atoms with Crippen LogP contribution in [-0.2, 0) is 4.79 Å². The van der Waals surface area contributed by atoms with Gasteiger partial charge in [0.1, 0.15) is 0 Å². The number of amides is 2. The van der Waals surface area contributed by atoms with E-state index in [0.29, 0.717) is 17.7 Å². The Morgan fingerprint density at radius 1 is 1.30 bits per heavy atom. The van der Waals surface area contributed by atoms with Crippen LogP contribution in [0.4, 0.5) is 0 Å². The van der Waals surface area contributed by atoms with Gasteiger partial charge in [0, 0.05) is 12.1 Å². The molecule has 0 bridgehead atoms. The Morgan fingerprint density at radius 3 is 2.70 bits per heavy atom. The Hall–Kier alpha value is -2.32. The maximum atomic E-state index is 12.1. The normalized spacial score (nSPS) is 9.35. The average Bonchev–Trinajstić information content (AvgIpc) is 2.43. The summed E-state index contributed by atoms with van der Waals surface area (Å²) in [6.07, 6.45) is 0. The van der Waals surface area contributed by atoms with Gasteiger partial charge in [-0.15, -0.1) is 0 Å². The second-order valence-corrected chi connectivity index (χ2v) is 4.19. The summed E-state index contributed by atoms with van der Waals surface area (Å²) < 4.78 is 0. The largest absolute Gasteiger partial charge is 0.355 e. The van der Waals surface area contributed by atoms with Crippen molar-refractivity contribution in [2.75, 3.05) is 19.6 Å². The molecule has 1 aromatic carbocycles. The predicted molar refractivity (Wildman–Crippen MR) is 78.1 cm³/mol. The Balaban J connectivity index is 2.85. The van der Waals surface area contributed by atoms with E-state index in [1.54, 1.807) is 12.1 Å². The van der Waals surface area contributed by atoms with E-state index in [0.717, 1.165) is 5.56 Å². The fourth-order valence-electron chi connectivity index (χ4n) is 1.62. The molecule has 0 aliphatic carbocycles. The third-order valence-electron chi connectivity index (χ3n) is 2.53. The summed E-state index contributed by atoms with van der Waals surface area (Å²) in [5.41, 5.74) is 7.35. The zero-order valence-corrected chi connectivity index (χ0v) is 11.7. The molecular formula is C15H19N3O2. The highest BCUT2D eigenvalue weighted by Crippen LogP contribution is 2.10. The van der Waals surface area contributed by atoms with Crippen molar-refractivity contribution >= 4 is 11.8 Å². The highest BCUT2D eigenvalue weighted by molar-refractivity contribution is 5.98. The molecule has 0 atom stereocenters. The second-order valence-electron chi connectivity index (χ2n) is 4.19. The Kier molecular flexibility index (Phi) is 6.27. The number of hydrogen-bond acceptors (Lipinski definition) is 3. The molecule has 0 radical (unpaired) electrons. The highest BCUT2D eigenvalue weighted by Gasteiger charge is 2.11. The van der Waals surface area contributed by atoms with Crippen LogP contribution in [0, 0.1) is 18.8 Å². The van der Waals surface area contributed by atoms with Crippen molar-refractivity contribution in [3.63, 3.8) is 0 Å². The van der Waals surface area contributed by atoms with Gasteiger partial charge in [-0.1, -0.05) is 23.5 Å². The van der Waals surface area contributed by atoms with Gasteiger partial charge in [-0.3, -0.25) is 9.59 Å². The first-order valence-corrected chi connectivity index (χ1v) is 6.43. The number of nitrogens with two attached hydrogens (primary N) is 1. The van der Waals surface area contributed by atoms with E-state index in [1.807, 2.05) is 19.9 Å². The molecule has 5 nitrogen and oxygen atoms in total. The minimum atomic E-state index is -0.318. The van der Waals surface area contributed by atoms with Gasteiger partial charge in [0.15, 0.2) is 0 Å². The van der Waals surface area contributed by atoms with Gasteiger partial charge in [-0.05, 0) is 26.0 Å². The number of carbonyl (C=O) groups excluding carboxylic acids is 2. The number of benzene rings is 1. The minimum absolute atomic E-state index is 0.0512. The van der Waals surface area contributed by atoms with Gasteiger partial charge >= 0.3 is 0 Å². The van der Waals surface area contributed by atoms with E-state index in [9.17, 15) is 9.59 Å². The topological polar surface area (TPSA) is 84.2 Å². The zero-order chi connectivity index (χ0) is 15.0. The molecule has 0 saturated carbocycles. The van der Waals surface area contributed by atoms with Crippen LogP contribution in [0.1, 0.15) is 28.4 Å². The first-order chi connectivity index (χ1) is 9.58. The number of rotatable bonds is 4. The standard InChI is InChI=1S/C15H19N3O2/c1-3-17-14(19)10-18-15(20)13-9-11(2)6-7-12(13)5-4-8-16/h6-7,9H,3,8,10,16H2,1-2H3,(H,17,19)(H,18,20). The molecule has 0 aliphatic heterocycles. The summed E-state index contributed by atoms with van der Waals surface area (Å²) in [4.78, 5) is 23.4. The Bertz CT molecular complexity index is 556. The molecule has 2 amide bonds. The van der Waals surface area contributed by atoms with Crippen LogP contribution in [0.5, 0.6) is 0 Å². The number of carbonyl (C=O) groups is 2. The summed E-state index contributed by atoms with van der Waals surface area (Å²) in [7, 11) is 0. The van der Waals surface area contributed by atoms with Gasteiger partial charge < -0.3 is 16.4 Å². The molecule has 5 heteroatoms. The molecule has 106 valence electrons. The lowest BCUT2D eigenvalue weighted by atomic mass is 10.0. The van der Waals surface area contributed by atoms with Crippen LogP contribution in [-0.4, -0.2) is 31.4 Å². The van der Waals surface area contributed by atoms with Crippen LogP contribution in [0.25, 0.3) is 0 Å². The predicted octanol–water partition coefficient (Wildman–Crippen LogP) is 0.171. The summed E-state index contributed by atoms with van der Waals surface area (Å²) in [5.74, 6) is 5.04. The number of hydrogen-bond donors (Lipinski definition) is 3. The average molecular weight is 273 g/mol.